The van der Waals surface area contributed by atoms with Crippen molar-refractivity contribution in [3.63, 3.8) is 0 Å². The van der Waals surface area contributed by atoms with Crippen LogP contribution in [0.3, 0.4) is 0 Å². The molecule has 13 heteroatoms. The molecule has 1 rings (SSSR count). The highest BCUT2D eigenvalue weighted by molar-refractivity contribution is 7.80. The number of hydrogen-bond acceptors (Lipinski definition) is 11. The van der Waals surface area contributed by atoms with Crippen LogP contribution < -0.4 is 0 Å². The monoisotopic (exact) mass is 742 g/mol. The number of esters is 1. The Bertz CT molecular complexity index is 1180. The Kier molecular flexibility index (Phi) is 27.4. The van der Waals surface area contributed by atoms with Gasteiger partial charge in [-0.25, -0.2) is 4.18 Å². The van der Waals surface area contributed by atoms with Gasteiger partial charge in [0.15, 0.2) is 6.29 Å². The lowest BCUT2D eigenvalue weighted by Gasteiger charge is -2.41. The van der Waals surface area contributed by atoms with Crippen molar-refractivity contribution >= 4 is 16.4 Å². The zero-order chi connectivity index (χ0) is 37.6. The fourth-order valence-electron chi connectivity index (χ4n) is 4.88. The summed E-state index contributed by atoms with van der Waals surface area (Å²) >= 11 is 0. The Morgan fingerprint density at radius 3 is 1.80 bits per heavy atom. The largest absolute Gasteiger partial charge is 0.457 e. The molecule has 0 spiro atoms. The van der Waals surface area contributed by atoms with Gasteiger partial charge in [-0.05, 0) is 57.8 Å². The molecular weight excluding hydrogens is 680 g/mol. The highest BCUT2D eigenvalue weighted by Crippen LogP contribution is 2.25. The Morgan fingerprint density at radius 2 is 1.27 bits per heavy atom. The molecule has 0 bridgehead atoms. The van der Waals surface area contributed by atoms with E-state index in [9.17, 15) is 28.5 Å². The molecule has 4 N–H and O–H groups in total. The minimum Gasteiger partial charge on any atom is -0.457 e. The molecule has 0 aromatic carbocycles. The highest BCUT2D eigenvalue weighted by atomic mass is 32.3. The van der Waals surface area contributed by atoms with Gasteiger partial charge in [-0.2, -0.15) is 8.42 Å². The predicted molar refractivity (Wildman–Crippen MR) is 197 cm³/mol. The van der Waals surface area contributed by atoms with Gasteiger partial charge >= 0.3 is 16.4 Å². The van der Waals surface area contributed by atoms with Crippen LogP contribution in [-0.4, -0.2) is 97.5 Å². The number of allylic oxidation sites excluding steroid dienone is 12. The van der Waals surface area contributed by atoms with E-state index in [1.807, 2.05) is 0 Å². The SMILES string of the molecule is CC/C=C\C/C=C\C/C=C\C/C=C\C/C=C\C/C=C\CCCCCCCOCC(COC1OC(CO)C(O)C(OS(=O)(=O)O)C1O)OC(=O)CC. The molecule has 0 saturated carbocycles. The summed E-state index contributed by atoms with van der Waals surface area (Å²) in [6.45, 7) is 3.17. The average Bonchev–Trinajstić information content (AvgIpc) is 3.10. The number of carbonyl (C=O) groups excluding carboxylic acids is 1. The molecule has 6 atom stereocenters. The lowest BCUT2D eigenvalue weighted by Crippen LogP contribution is -2.60. The first kappa shape index (κ1) is 46.6. The molecule has 1 fully saturated rings. The number of aliphatic hydroxyl groups is 3. The van der Waals surface area contributed by atoms with Crippen molar-refractivity contribution < 1.29 is 56.2 Å². The quantitative estimate of drug-likeness (QED) is 0.0304. The van der Waals surface area contributed by atoms with Crippen LogP contribution in [0.5, 0.6) is 0 Å². The van der Waals surface area contributed by atoms with Gasteiger partial charge in [-0.3, -0.25) is 9.35 Å². The molecule has 0 aromatic rings. The second kappa shape index (κ2) is 30.0. The third kappa shape index (κ3) is 24.4. The fraction of sp³-hybridized carbons (Fsp3) is 0.658. The fourth-order valence-corrected chi connectivity index (χ4v) is 5.39. The van der Waals surface area contributed by atoms with Crippen molar-refractivity contribution in [2.45, 2.75) is 134 Å². The minimum atomic E-state index is -5.05. The molecule has 0 amide bonds. The minimum absolute atomic E-state index is 0.00817. The van der Waals surface area contributed by atoms with Gasteiger partial charge in [0.1, 0.15) is 30.5 Å². The van der Waals surface area contributed by atoms with E-state index in [1.165, 1.54) is 0 Å². The molecule has 0 aromatic heterocycles. The second-order valence-electron chi connectivity index (χ2n) is 12.0. The van der Waals surface area contributed by atoms with Gasteiger partial charge in [0, 0.05) is 13.0 Å². The van der Waals surface area contributed by atoms with Crippen molar-refractivity contribution in [1.29, 1.82) is 0 Å². The molecule has 1 saturated heterocycles. The number of carbonyl (C=O) groups is 1. The second-order valence-corrected chi connectivity index (χ2v) is 13.1. The summed E-state index contributed by atoms with van der Waals surface area (Å²) < 4.78 is 57.6. The smallest absolute Gasteiger partial charge is 0.397 e. The van der Waals surface area contributed by atoms with Crippen molar-refractivity contribution in [1.82, 2.24) is 0 Å². The lowest BCUT2D eigenvalue weighted by atomic mass is 9.99. The summed E-state index contributed by atoms with van der Waals surface area (Å²) in [5.74, 6) is -0.500. The van der Waals surface area contributed by atoms with Crippen LogP contribution in [0.4, 0.5) is 0 Å². The van der Waals surface area contributed by atoms with E-state index in [-0.39, 0.29) is 19.6 Å². The van der Waals surface area contributed by atoms with Crippen LogP contribution in [-0.2, 0) is 38.3 Å². The predicted octanol–water partition coefficient (Wildman–Crippen LogP) is 6.01. The van der Waals surface area contributed by atoms with E-state index in [0.717, 1.165) is 77.0 Å². The molecule has 12 nitrogen and oxygen atoms in total. The molecule has 0 radical (unpaired) electrons. The van der Waals surface area contributed by atoms with Gasteiger partial charge in [-0.15, -0.1) is 0 Å². The zero-order valence-corrected chi connectivity index (χ0v) is 31.2. The van der Waals surface area contributed by atoms with Crippen LogP contribution >= 0.6 is 0 Å². The summed E-state index contributed by atoms with van der Waals surface area (Å²) in [4.78, 5) is 11.9. The van der Waals surface area contributed by atoms with E-state index in [0.29, 0.717) is 6.61 Å². The molecule has 1 aliphatic rings. The van der Waals surface area contributed by atoms with E-state index < -0.39 is 59.8 Å². The first-order valence-electron chi connectivity index (χ1n) is 18.2. The molecular formula is C38H62O12S. The number of aliphatic hydroxyl groups excluding tert-OH is 3. The molecule has 1 aliphatic heterocycles. The number of hydrogen-bond donors (Lipinski definition) is 4. The average molecular weight is 743 g/mol. The zero-order valence-electron chi connectivity index (χ0n) is 30.4. The third-order valence-corrected chi connectivity index (χ3v) is 8.11. The topological polar surface area (TPSA) is 178 Å². The van der Waals surface area contributed by atoms with E-state index >= 15 is 0 Å². The number of rotatable bonds is 29. The Balaban J connectivity index is 2.19. The van der Waals surface area contributed by atoms with Crippen LogP contribution in [0.25, 0.3) is 0 Å². The highest BCUT2D eigenvalue weighted by Gasteiger charge is 2.48. The summed E-state index contributed by atoms with van der Waals surface area (Å²) in [6, 6.07) is 0. The maximum absolute atomic E-state index is 11.9. The van der Waals surface area contributed by atoms with E-state index in [2.05, 4.69) is 84.0 Å². The Labute approximate surface area is 305 Å². The van der Waals surface area contributed by atoms with Crippen molar-refractivity contribution in [2.75, 3.05) is 26.4 Å². The van der Waals surface area contributed by atoms with Crippen LogP contribution in [0.15, 0.2) is 72.9 Å². The van der Waals surface area contributed by atoms with Crippen molar-refractivity contribution in [3.05, 3.63) is 72.9 Å². The van der Waals surface area contributed by atoms with Gasteiger partial charge in [0.05, 0.1) is 19.8 Å². The molecule has 292 valence electrons. The van der Waals surface area contributed by atoms with Gasteiger partial charge < -0.3 is 34.3 Å². The van der Waals surface area contributed by atoms with Gasteiger partial charge in [0.25, 0.3) is 0 Å². The summed E-state index contributed by atoms with van der Waals surface area (Å²) in [5.41, 5.74) is 0. The Hall–Kier alpha value is -2.46. The molecule has 1 heterocycles. The molecule has 0 aliphatic carbocycles. The first-order valence-corrected chi connectivity index (χ1v) is 19.6. The lowest BCUT2D eigenvalue weighted by molar-refractivity contribution is -0.301. The Morgan fingerprint density at radius 1 is 0.745 bits per heavy atom. The first-order chi connectivity index (χ1) is 24.6. The van der Waals surface area contributed by atoms with Crippen LogP contribution in [0, 0.1) is 0 Å². The third-order valence-electron chi connectivity index (χ3n) is 7.65. The maximum Gasteiger partial charge on any atom is 0.397 e. The van der Waals surface area contributed by atoms with Crippen molar-refractivity contribution in [2.24, 2.45) is 0 Å². The summed E-state index contributed by atoms with van der Waals surface area (Å²) in [6.07, 6.45) is 29.3. The van der Waals surface area contributed by atoms with Crippen molar-refractivity contribution in [3.8, 4) is 0 Å². The maximum atomic E-state index is 11.9. The van der Waals surface area contributed by atoms with E-state index in [4.69, 9.17) is 23.5 Å². The number of ether oxygens (including phenoxy) is 4. The number of unbranched alkanes of at least 4 members (excludes halogenated alkanes) is 5. The standard InChI is InChI=1S/C38H62O12S/c1-3-5-6-7-8-9-10-11-12-13-14-15-16-17-18-19-20-21-22-23-24-25-26-27-28-46-30-32(48-34(40)4-2)31-47-38-36(42)37(50-51(43,44)45)35(41)33(29-39)49-38/h5-6,8-9,11-12,14-15,17-18,20-21,32-33,35-39,41-42H,3-4,7,10,13,16,19,22-31H2,1-2H3,(H,43,44,45)/b6-5-,9-8-,12-11-,15-14-,18-17-,21-20-. The van der Waals surface area contributed by atoms with Crippen LogP contribution in [0.2, 0.25) is 0 Å². The summed E-state index contributed by atoms with van der Waals surface area (Å²) in [7, 11) is -5.05. The van der Waals surface area contributed by atoms with E-state index in [1.54, 1.807) is 6.92 Å². The van der Waals surface area contributed by atoms with Gasteiger partial charge in [-0.1, -0.05) is 106 Å². The normalized spacial score (nSPS) is 22.5. The molecule has 6 unspecified atom stereocenters. The molecule has 51 heavy (non-hydrogen) atoms. The summed E-state index contributed by atoms with van der Waals surface area (Å²) in [5, 5.41) is 30.1. The van der Waals surface area contributed by atoms with Crippen LogP contribution in [0.1, 0.15) is 97.3 Å². The van der Waals surface area contributed by atoms with Gasteiger partial charge in [0.2, 0.25) is 0 Å².